The van der Waals surface area contributed by atoms with Crippen LogP contribution in [0.15, 0.2) is 24.3 Å². The van der Waals surface area contributed by atoms with E-state index in [9.17, 15) is 4.79 Å². The minimum absolute atomic E-state index is 0.143. The average Bonchev–Trinajstić information content (AvgIpc) is 2.37. The second kappa shape index (κ2) is 7.25. The van der Waals surface area contributed by atoms with Crippen LogP contribution >= 0.6 is 11.6 Å². The molecule has 0 aromatic heterocycles. The normalized spacial score (nSPS) is 10.9. The van der Waals surface area contributed by atoms with E-state index in [1.807, 2.05) is 12.1 Å². The third-order valence-electron chi connectivity index (χ3n) is 2.29. The molecule has 0 N–H and O–H groups in total. The summed E-state index contributed by atoms with van der Waals surface area (Å²) >= 11 is 5.81. The zero-order valence-corrected chi connectivity index (χ0v) is 11.1. The van der Waals surface area contributed by atoms with E-state index < -0.39 is 12.0 Å². The number of carbonyl (C=O) groups excluding carboxylic acids is 1. The summed E-state index contributed by atoms with van der Waals surface area (Å²) in [6.07, 6.45) is -0.792. The molecule has 0 aliphatic carbocycles. The van der Waals surface area contributed by atoms with Gasteiger partial charge in [0.2, 0.25) is 0 Å². The highest BCUT2D eigenvalue weighted by atomic mass is 35.5. The standard InChI is InChI=1S/C13H12ClN3O2/c1-10(13(18)17(7-5-15)8-6-16)19-12-4-2-3-11(14)9-12/h2-4,9-10H,7-8H2,1H3/t10-/m0/s1. The average molecular weight is 278 g/mol. The number of hydrogen-bond donors (Lipinski definition) is 0. The molecule has 0 saturated carbocycles. The van der Waals surface area contributed by atoms with Gasteiger partial charge in [-0.2, -0.15) is 10.5 Å². The summed E-state index contributed by atoms with van der Waals surface area (Å²) in [5.41, 5.74) is 0. The molecular weight excluding hydrogens is 266 g/mol. The van der Waals surface area contributed by atoms with Crippen molar-refractivity contribution >= 4 is 17.5 Å². The Bertz CT molecular complexity index is 517. The van der Waals surface area contributed by atoms with Gasteiger partial charge in [-0.3, -0.25) is 4.79 Å². The molecule has 19 heavy (non-hydrogen) atoms. The van der Waals surface area contributed by atoms with E-state index in [1.165, 1.54) is 0 Å². The van der Waals surface area contributed by atoms with Gasteiger partial charge in [0.25, 0.3) is 5.91 Å². The Kier molecular flexibility index (Phi) is 5.66. The van der Waals surface area contributed by atoms with Gasteiger partial charge in [-0.15, -0.1) is 0 Å². The Labute approximate surface area is 116 Å². The van der Waals surface area contributed by atoms with E-state index in [1.54, 1.807) is 31.2 Å². The monoisotopic (exact) mass is 277 g/mol. The molecule has 1 rings (SSSR count). The quantitative estimate of drug-likeness (QED) is 0.771. The predicted molar refractivity (Wildman–Crippen MR) is 69.3 cm³/mol. The molecule has 0 aliphatic rings. The summed E-state index contributed by atoms with van der Waals surface area (Å²) in [6.45, 7) is 1.27. The van der Waals surface area contributed by atoms with Gasteiger partial charge in [-0.1, -0.05) is 17.7 Å². The first kappa shape index (κ1) is 14.8. The molecule has 1 aromatic carbocycles. The Morgan fingerprint density at radius 3 is 2.58 bits per heavy atom. The Hall–Kier alpha value is -2.24. The molecule has 1 aromatic rings. The van der Waals surface area contributed by atoms with Crippen LogP contribution in [0.25, 0.3) is 0 Å². The van der Waals surface area contributed by atoms with Gasteiger partial charge in [-0.25, -0.2) is 0 Å². The molecule has 0 unspecified atom stereocenters. The molecule has 0 fully saturated rings. The second-order valence-corrected chi connectivity index (χ2v) is 4.16. The summed E-state index contributed by atoms with van der Waals surface area (Å²) in [5.74, 6) is 0.0466. The van der Waals surface area contributed by atoms with Crippen LogP contribution in [-0.2, 0) is 4.79 Å². The fourth-order valence-electron chi connectivity index (χ4n) is 1.43. The maximum absolute atomic E-state index is 12.0. The van der Waals surface area contributed by atoms with Gasteiger partial charge in [-0.05, 0) is 25.1 Å². The number of nitrogens with zero attached hydrogens (tertiary/aromatic N) is 3. The lowest BCUT2D eigenvalue weighted by Gasteiger charge is -2.21. The van der Waals surface area contributed by atoms with E-state index >= 15 is 0 Å². The number of halogens is 1. The van der Waals surface area contributed by atoms with Crippen LogP contribution in [0.2, 0.25) is 5.02 Å². The number of rotatable bonds is 5. The lowest BCUT2D eigenvalue weighted by Crippen LogP contribution is -2.40. The highest BCUT2D eigenvalue weighted by Gasteiger charge is 2.21. The lowest BCUT2D eigenvalue weighted by atomic mass is 10.3. The smallest absolute Gasteiger partial charge is 0.265 e. The van der Waals surface area contributed by atoms with E-state index in [2.05, 4.69) is 0 Å². The van der Waals surface area contributed by atoms with E-state index in [0.29, 0.717) is 10.8 Å². The number of hydrogen-bond acceptors (Lipinski definition) is 4. The van der Waals surface area contributed by atoms with Crippen LogP contribution in [0.3, 0.4) is 0 Å². The molecule has 0 heterocycles. The Balaban J connectivity index is 2.71. The van der Waals surface area contributed by atoms with Crippen LogP contribution in [0, 0.1) is 22.7 Å². The van der Waals surface area contributed by atoms with Crippen LogP contribution in [0.1, 0.15) is 6.92 Å². The highest BCUT2D eigenvalue weighted by molar-refractivity contribution is 6.30. The van der Waals surface area contributed by atoms with Crippen molar-refractivity contribution in [1.82, 2.24) is 4.90 Å². The van der Waals surface area contributed by atoms with Crippen molar-refractivity contribution in [2.75, 3.05) is 13.1 Å². The van der Waals surface area contributed by atoms with Gasteiger partial charge in [0, 0.05) is 5.02 Å². The number of ether oxygens (including phenoxy) is 1. The third-order valence-corrected chi connectivity index (χ3v) is 2.53. The third kappa shape index (κ3) is 4.50. The van der Waals surface area contributed by atoms with Gasteiger partial charge >= 0.3 is 0 Å². The summed E-state index contributed by atoms with van der Waals surface area (Å²) in [7, 11) is 0. The summed E-state index contributed by atoms with van der Waals surface area (Å²) in [4.78, 5) is 13.1. The van der Waals surface area contributed by atoms with Crippen molar-refractivity contribution in [3.05, 3.63) is 29.3 Å². The molecule has 0 bridgehead atoms. The largest absolute Gasteiger partial charge is 0.481 e. The van der Waals surface area contributed by atoms with E-state index in [4.69, 9.17) is 26.9 Å². The summed E-state index contributed by atoms with van der Waals surface area (Å²) in [6, 6.07) is 10.3. The van der Waals surface area contributed by atoms with E-state index in [-0.39, 0.29) is 13.1 Å². The Morgan fingerprint density at radius 2 is 2.05 bits per heavy atom. The van der Waals surface area contributed by atoms with Gasteiger partial charge in [0.05, 0.1) is 12.1 Å². The molecular formula is C13H12ClN3O2. The molecule has 0 aliphatic heterocycles. The first-order valence-corrected chi connectivity index (χ1v) is 5.91. The van der Waals surface area contributed by atoms with Gasteiger partial charge in [0.15, 0.2) is 6.10 Å². The van der Waals surface area contributed by atoms with Crippen LogP contribution < -0.4 is 4.74 Å². The minimum Gasteiger partial charge on any atom is -0.481 e. The zero-order chi connectivity index (χ0) is 14.3. The fourth-order valence-corrected chi connectivity index (χ4v) is 1.61. The molecule has 1 atom stereocenters. The lowest BCUT2D eigenvalue weighted by molar-refractivity contribution is -0.136. The van der Waals surface area contributed by atoms with Crippen molar-refractivity contribution in [3.8, 4) is 17.9 Å². The van der Waals surface area contributed by atoms with Crippen molar-refractivity contribution in [3.63, 3.8) is 0 Å². The molecule has 0 spiro atoms. The summed E-state index contributed by atoms with van der Waals surface area (Å²) in [5, 5.41) is 17.7. The molecule has 5 nitrogen and oxygen atoms in total. The topological polar surface area (TPSA) is 77.1 Å². The highest BCUT2D eigenvalue weighted by Crippen LogP contribution is 2.18. The maximum Gasteiger partial charge on any atom is 0.265 e. The minimum atomic E-state index is -0.792. The molecule has 0 radical (unpaired) electrons. The summed E-state index contributed by atoms with van der Waals surface area (Å²) < 4.78 is 5.44. The molecule has 6 heteroatoms. The van der Waals surface area contributed by atoms with Crippen molar-refractivity contribution in [2.45, 2.75) is 13.0 Å². The second-order valence-electron chi connectivity index (χ2n) is 3.73. The van der Waals surface area contributed by atoms with Crippen molar-refractivity contribution in [1.29, 1.82) is 10.5 Å². The van der Waals surface area contributed by atoms with Crippen molar-refractivity contribution < 1.29 is 9.53 Å². The van der Waals surface area contributed by atoms with Gasteiger partial charge in [0.1, 0.15) is 18.8 Å². The number of benzene rings is 1. The molecule has 0 saturated heterocycles. The van der Waals surface area contributed by atoms with E-state index in [0.717, 1.165) is 4.90 Å². The fraction of sp³-hybridized carbons (Fsp3) is 0.308. The van der Waals surface area contributed by atoms with Crippen LogP contribution in [0.5, 0.6) is 5.75 Å². The molecule has 98 valence electrons. The number of nitriles is 2. The van der Waals surface area contributed by atoms with Crippen LogP contribution in [0.4, 0.5) is 0 Å². The Morgan fingerprint density at radius 1 is 1.42 bits per heavy atom. The first-order chi connectivity index (χ1) is 9.08. The maximum atomic E-state index is 12.0. The zero-order valence-electron chi connectivity index (χ0n) is 10.3. The molecule has 1 amide bonds. The predicted octanol–water partition coefficient (Wildman–Crippen LogP) is 1.98. The number of carbonyl (C=O) groups is 1. The number of amides is 1. The van der Waals surface area contributed by atoms with Crippen LogP contribution in [-0.4, -0.2) is 30.0 Å². The van der Waals surface area contributed by atoms with Crippen molar-refractivity contribution in [2.24, 2.45) is 0 Å². The first-order valence-electron chi connectivity index (χ1n) is 5.53. The SMILES string of the molecule is C[C@H](Oc1cccc(Cl)c1)C(=O)N(CC#N)CC#N. The van der Waals surface area contributed by atoms with Gasteiger partial charge < -0.3 is 9.64 Å².